The van der Waals surface area contributed by atoms with Gasteiger partial charge in [0.2, 0.25) is 0 Å². The monoisotopic (exact) mass is 316 g/mol. The van der Waals surface area contributed by atoms with Crippen LogP contribution < -0.4 is 0 Å². The van der Waals surface area contributed by atoms with E-state index in [4.69, 9.17) is 10.00 Å². The highest BCUT2D eigenvalue weighted by Gasteiger charge is 2.44. The summed E-state index contributed by atoms with van der Waals surface area (Å²) in [5.74, 6) is 0. The molecule has 76 valence electrons. The Morgan fingerprint density at radius 2 is 2.23 bits per heavy atom. The molecule has 13 heavy (non-hydrogen) atoms. The van der Waals surface area contributed by atoms with Gasteiger partial charge in [0.05, 0.1) is 22.8 Å². The molecule has 0 heterocycles. The first-order valence-corrected chi connectivity index (χ1v) is 5.10. The minimum absolute atomic E-state index is 0. The number of ether oxygens (including phenoxy) is 1. The van der Waals surface area contributed by atoms with E-state index in [-0.39, 0.29) is 16.0 Å². The molecule has 0 aliphatic heterocycles. The fourth-order valence-electron chi connectivity index (χ4n) is 1.13. The molecule has 0 aromatic carbocycles. The second-order valence-corrected chi connectivity index (χ2v) is 5.00. The van der Waals surface area contributed by atoms with E-state index >= 15 is 0 Å². The van der Waals surface area contributed by atoms with Crippen molar-refractivity contribution < 1.29 is 4.74 Å². The average molecular weight is 317 g/mol. The first kappa shape index (κ1) is 13.4. The highest BCUT2D eigenvalue weighted by molar-refractivity contribution is 14.1. The topological polar surface area (TPSA) is 36.3 Å². The van der Waals surface area contributed by atoms with Crippen molar-refractivity contribution in [2.75, 3.05) is 26.8 Å². The van der Waals surface area contributed by atoms with Crippen molar-refractivity contribution in [2.45, 2.75) is 16.4 Å². The van der Waals surface area contributed by atoms with Gasteiger partial charge in [-0.1, -0.05) is 22.6 Å². The molecule has 0 atom stereocenters. The van der Waals surface area contributed by atoms with E-state index < -0.39 is 0 Å². The molecule has 0 radical (unpaired) electrons. The molecule has 0 unspecified atom stereocenters. The Morgan fingerprint density at radius 1 is 1.62 bits per heavy atom. The molecule has 5 heteroatoms. The highest BCUT2D eigenvalue weighted by Crippen LogP contribution is 2.47. The van der Waals surface area contributed by atoms with Crippen LogP contribution in [0.2, 0.25) is 0 Å². The Bertz CT molecular complexity index is 191. The number of nitriles is 1. The van der Waals surface area contributed by atoms with Gasteiger partial charge in [-0.15, -0.1) is 12.4 Å². The molecular weight excluding hydrogens is 302 g/mol. The van der Waals surface area contributed by atoms with Crippen molar-refractivity contribution in [3.05, 3.63) is 0 Å². The summed E-state index contributed by atoms with van der Waals surface area (Å²) < 4.78 is 5.26. The summed E-state index contributed by atoms with van der Waals surface area (Å²) in [4.78, 5) is 2.19. The van der Waals surface area contributed by atoms with Crippen molar-refractivity contribution in [3.8, 4) is 6.07 Å². The lowest BCUT2D eigenvalue weighted by Gasteiger charge is -2.24. The van der Waals surface area contributed by atoms with E-state index in [1.807, 2.05) is 0 Å². The van der Waals surface area contributed by atoms with E-state index in [1.165, 1.54) is 12.8 Å². The molecule has 1 aliphatic carbocycles. The van der Waals surface area contributed by atoms with Crippen LogP contribution in [0, 0.1) is 11.3 Å². The van der Waals surface area contributed by atoms with Crippen molar-refractivity contribution in [1.29, 1.82) is 5.26 Å². The smallest absolute Gasteiger partial charge is 0.0877 e. The summed E-state index contributed by atoms with van der Waals surface area (Å²) in [5.41, 5.74) is 0. The second-order valence-electron chi connectivity index (χ2n) is 2.99. The molecule has 0 aromatic rings. The zero-order valence-electron chi connectivity index (χ0n) is 7.62. The van der Waals surface area contributed by atoms with Gasteiger partial charge in [-0.2, -0.15) is 5.26 Å². The number of hydrogen-bond donors (Lipinski definition) is 0. The lowest BCUT2D eigenvalue weighted by Crippen LogP contribution is -2.35. The number of methoxy groups -OCH3 is 1. The van der Waals surface area contributed by atoms with Crippen LogP contribution in [0.25, 0.3) is 0 Å². The van der Waals surface area contributed by atoms with Crippen molar-refractivity contribution in [2.24, 2.45) is 0 Å². The van der Waals surface area contributed by atoms with Crippen LogP contribution in [0.3, 0.4) is 0 Å². The lowest BCUT2D eigenvalue weighted by atomic mass is 10.4. The highest BCUT2D eigenvalue weighted by atomic mass is 127. The lowest BCUT2D eigenvalue weighted by molar-refractivity contribution is 0.148. The third kappa shape index (κ3) is 3.98. The van der Waals surface area contributed by atoms with Crippen LogP contribution >= 0.6 is 35.0 Å². The Hall–Kier alpha value is 0.430. The van der Waals surface area contributed by atoms with Crippen molar-refractivity contribution in [3.63, 3.8) is 0 Å². The molecule has 1 saturated carbocycles. The van der Waals surface area contributed by atoms with E-state index in [9.17, 15) is 0 Å². The SMILES string of the molecule is COCCN(CC#N)C1(I)CC1.Cl. The predicted molar refractivity (Wildman–Crippen MR) is 62.3 cm³/mol. The molecule has 0 N–H and O–H groups in total. The number of nitrogens with zero attached hydrogens (tertiary/aromatic N) is 2. The van der Waals surface area contributed by atoms with E-state index in [0.717, 1.165) is 6.54 Å². The maximum Gasteiger partial charge on any atom is 0.0877 e. The van der Waals surface area contributed by atoms with E-state index in [1.54, 1.807) is 7.11 Å². The number of hydrogen-bond acceptors (Lipinski definition) is 3. The van der Waals surface area contributed by atoms with Gasteiger partial charge in [0, 0.05) is 13.7 Å². The van der Waals surface area contributed by atoms with Crippen molar-refractivity contribution >= 4 is 35.0 Å². The normalized spacial score (nSPS) is 17.7. The van der Waals surface area contributed by atoms with E-state index in [0.29, 0.717) is 13.2 Å². The number of rotatable bonds is 5. The second kappa shape index (κ2) is 6.02. The largest absolute Gasteiger partial charge is 0.383 e. The molecule has 0 aromatic heterocycles. The van der Waals surface area contributed by atoms with Crippen LogP contribution in [0.1, 0.15) is 12.8 Å². The summed E-state index contributed by atoms with van der Waals surface area (Å²) in [6, 6.07) is 2.19. The molecule has 0 saturated heterocycles. The number of alkyl halides is 1. The first-order valence-electron chi connectivity index (χ1n) is 4.03. The molecule has 1 rings (SSSR count). The Balaban J connectivity index is 0.00000144. The maximum atomic E-state index is 8.59. The molecule has 0 bridgehead atoms. The summed E-state index contributed by atoms with van der Waals surface area (Å²) in [6.45, 7) is 2.10. The minimum Gasteiger partial charge on any atom is -0.383 e. The van der Waals surface area contributed by atoms with E-state index in [2.05, 4.69) is 33.6 Å². The third-order valence-corrected chi connectivity index (χ3v) is 3.82. The Morgan fingerprint density at radius 3 is 2.62 bits per heavy atom. The van der Waals surface area contributed by atoms with Gasteiger partial charge in [0.25, 0.3) is 0 Å². The van der Waals surface area contributed by atoms with Gasteiger partial charge >= 0.3 is 0 Å². The van der Waals surface area contributed by atoms with Gasteiger partial charge in [0.15, 0.2) is 0 Å². The minimum atomic E-state index is 0. The van der Waals surface area contributed by atoms with Gasteiger partial charge in [-0.3, -0.25) is 4.90 Å². The Kier molecular flexibility index (Phi) is 6.21. The summed E-state index contributed by atoms with van der Waals surface area (Å²) >= 11 is 2.43. The molecule has 1 aliphatic rings. The van der Waals surface area contributed by atoms with Crippen molar-refractivity contribution in [1.82, 2.24) is 4.90 Å². The van der Waals surface area contributed by atoms with Crippen LogP contribution in [-0.2, 0) is 4.74 Å². The summed E-state index contributed by atoms with van der Waals surface area (Å²) in [6.07, 6.45) is 2.41. The summed E-state index contributed by atoms with van der Waals surface area (Å²) in [7, 11) is 1.69. The van der Waals surface area contributed by atoms with Gasteiger partial charge in [0.1, 0.15) is 0 Å². The average Bonchev–Trinajstić information content (AvgIpc) is 2.78. The predicted octanol–water partition coefficient (Wildman–Crippen LogP) is 1.81. The van der Waals surface area contributed by atoms with Crippen LogP contribution in [-0.4, -0.2) is 35.3 Å². The zero-order chi connectivity index (χ0) is 9.03. The third-order valence-electron chi connectivity index (χ3n) is 2.06. The van der Waals surface area contributed by atoms with Crippen LogP contribution in [0.15, 0.2) is 0 Å². The van der Waals surface area contributed by atoms with Crippen LogP contribution in [0.5, 0.6) is 0 Å². The number of halogens is 2. The fraction of sp³-hybridized carbons (Fsp3) is 0.875. The molecular formula is C8H14ClIN2O. The maximum absolute atomic E-state index is 8.59. The first-order chi connectivity index (χ1) is 5.73. The van der Waals surface area contributed by atoms with Gasteiger partial charge in [-0.05, 0) is 12.8 Å². The standard InChI is InChI=1S/C8H13IN2O.ClH/c1-12-7-6-11(5-4-10)8(9)2-3-8;/h2-3,5-7H2,1H3;1H. The molecule has 0 spiro atoms. The zero-order valence-corrected chi connectivity index (χ0v) is 10.6. The fourth-order valence-corrected chi connectivity index (χ4v) is 1.81. The quantitative estimate of drug-likeness (QED) is 0.336. The molecule has 0 amide bonds. The summed E-state index contributed by atoms with van der Waals surface area (Å²) in [5, 5.41) is 8.59. The van der Waals surface area contributed by atoms with Gasteiger partial charge in [-0.25, -0.2) is 0 Å². The molecule has 3 nitrogen and oxygen atoms in total. The Labute approximate surface area is 99.0 Å². The molecule has 1 fully saturated rings. The van der Waals surface area contributed by atoms with Crippen LogP contribution in [0.4, 0.5) is 0 Å². The van der Waals surface area contributed by atoms with Gasteiger partial charge < -0.3 is 4.74 Å².